The molecule has 101 heavy (non-hydrogen) atoms. The number of nitrogens with zero attached hydrogens (tertiary/aromatic N) is 8. The van der Waals surface area contributed by atoms with Gasteiger partial charge in [0.1, 0.15) is 23.1 Å². The Hall–Kier alpha value is -12.5. The molecule has 0 saturated carbocycles. The van der Waals surface area contributed by atoms with Crippen LogP contribution in [0.2, 0.25) is 15.1 Å². The van der Waals surface area contributed by atoms with Gasteiger partial charge in [0.15, 0.2) is 0 Å². The van der Waals surface area contributed by atoms with Crippen LogP contribution >= 0.6 is 34.8 Å². The van der Waals surface area contributed by atoms with Crippen molar-refractivity contribution in [1.82, 2.24) is 29.1 Å². The first kappa shape index (κ1) is 65.8. The van der Waals surface area contributed by atoms with E-state index < -0.39 is 0 Å². The maximum Gasteiger partial charge on any atom is 0.219 e. The molecule has 12 aromatic carbocycles. The normalized spacial score (nSPS) is 10.8. The minimum Gasteiger partial charge on any atom is -0.439 e. The van der Waals surface area contributed by atoms with Crippen LogP contribution in [0.3, 0.4) is 0 Å². The molecule has 4 aromatic heterocycles. The van der Waals surface area contributed by atoms with Crippen molar-refractivity contribution in [2.75, 3.05) is 20.9 Å². The molecule has 492 valence electrons. The predicted molar refractivity (Wildman–Crippen MR) is 415 cm³/mol. The van der Waals surface area contributed by atoms with Gasteiger partial charge in [-0.3, -0.25) is 9.13 Å². The fourth-order valence-electron chi connectivity index (χ4n) is 11.7. The number of ether oxygens (including phenoxy) is 2. The topological polar surface area (TPSA) is 124 Å². The molecule has 0 fully saturated rings. The first-order valence-corrected chi connectivity index (χ1v) is 33.9. The number of nitrogen functional groups attached to an aromatic ring is 1. The Morgan fingerprint density at radius 1 is 0.366 bits per heavy atom. The van der Waals surface area contributed by atoms with Crippen molar-refractivity contribution < 1.29 is 9.47 Å². The summed E-state index contributed by atoms with van der Waals surface area (Å²) in [5.41, 5.74) is 22.3. The lowest BCUT2D eigenvalue weighted by atomic mass is 10.1. The molecule has 12 nitrogen and oxygen atoms in total. The van der Waals surface area contributed by atoms with Gasteiger partial charge < -0.3 is 30.3 Å². The van der Waals surface area contributed by atoms with E-state index in [0.29, 0.717) is 45.7 Å². The molecular weight excluding hydrogens is 1310 g/mol. The summed E-state index contributed by atoms with van der Waals surface area (Å²) in [5, 5.41) is 5.19. The number of nitrogens with two attached hydrogens (primary N) is 1. The van der Waals surface area contributed by atoms with Crippen molar-refractivity contribution in [2.45, 2.75) is 13.1 Å². The summed E-state index contributed by atoms with van der Waals surface area (Å²) in [7, 11) is 0. The molecule has 0 aliphatic rings. The minimum absolute atomic E-state index is 0.533. The third-order valence-corrected chi connectivity index (χ3v) is 17.8. The van der Waals surface area contributed by atoms with E-state index in [9.17, 15) is 0 Å². The monoisotopic (exact) mass is 1370 g/mol. The largest absolute Gasteiger partial charge is 0.439 e. The second-order valence-electron chi connectivity index (χ2n) is 23.4. The molecule has 0 atom stereocenters. The first-order valence-electron chi connectivity index (χ1n) is 32.8. The Morgan fingerprint density at radius 2 is 0.772 bits per heavy atom. The molecular formula is C86H65Cl3N10O2. The summed E-state index contributed by atoms with van der Waals surface area (Å²) in [6.07, 6.45) is 3.39. The number of imidazole rings is 2. The standard InChI is InChI=1S/C43H32ClN5O.C32H23Cl2N3.C11H10N2O/c44-42-38(46-33-23-27-36(28-24-33)50-41-20-9-10-29-45-41)17-11-19-40(42)48(30-31-12-3-1-4-13-31)34-25-21-32(22-26-34)43-47-37-16-7-8-18-39(37)49(43)35-14-5-2-6-15-35;33-27-14-9-17-30(31(27)34)36(22-23-10-3-1-4-11-23)25-20-18-24(19-21-25)32-35-28-15-7-8-16-29(28)37(32)26-12-5-2-6-13-26;12-9-4-6-10(7-5-9)14-11-3-1-2-8-13-11/h1-29,46H,30H2;1-21H,22H2;1-8H,12H2. The molecule has 4 heterocycles. The molecule has 0 spiro atoms. The summed E-state index contributed by atoms with van der Waals surface area (Å²) >= 11 is 20.3. The van der Waals surface area contributed by atoms with E-state index in [2.05, 4.69) is 192 Å². The third kappa shape index (κ3) is 15.8. The minimum atomic E-state index is 0.533. The van der Waals surface area contributed by atoms with Crippen LogP contribution in [0.1, 0.15) is 11.1 Å². The molecule has 0 saturated heterocycles. The molecule has 0 aliphatic heterocycles. The van der Waals surface area contributed by atoms with Crippen LogP contribution in [0.4, 0.5) is 39.8 Å². The lowest BCUT2D eigenvalue weighted by molar-refractivity contribution is 0.463. The predicted octanol–water partition coefficient (Wildman–Crippen LogP) is 23.4. The molecule has 3 N–H and O–H groups in total. The van der Waals surface area contributed by atoms with E-state index in [0.717, 1.165) is 102 Å². The second-order valence-corrected chi connectivity index (χ2v) is 24.6. The smallest absolute Gasteiger partial charge is 0.219 e. The van der Waals surface area contributed by atoms with Crippen molar-refractivity contribution in [2.24, 2.45) is 0 Å². The number of anilines is 7. The van der Waals surface area contributed by atoms with Crippen LogP contribution in [0, 0.1) is 0 Å². The van der Waals surface area contributed by atoms with E-state index in [1.165, 1.54) is 11.1 Å². The van der Waals surface area contributed by atoms with E-state index >= 15 is 0 Å². The summed E-state index contributed by atoms with van der Waals surface area (Å²) in [6.45, 7) is 1.29. The molecule has 0 bridgehead atoms. The van der Waals surface area contributed by atoms with Crippen molar-refractivity contribution >= 4 is 96.7 Å². The number of halogens is 3. The molecule has 16 aromatic rings. The van der Waals surface area contributed by atoms with Crippen LogP contribution in [0.5, 0.6) is 23.3 Å². The molecule has 0 radical (unpaired) electrons. The number of rotatable bonds is 18. The van der Waals surface area contributed by atoms with E-state index in [4.69, 9.17) is 60.0 Å². The SMILES string of the molecule is Clc1c(Nc2ccc(Oc3ccccn3)cc2)cccc1N(Cc1ccccc1)c1ccc(-c2nc3ccccc3n2-c2ccccc2)cc1.Clc1cccc(N(Cc2ccccc2)c2ccc(-c3nc4ccccc4n3-c3ccccc3)cc2)c1Cl.Nc1ccc(Oc2ccccn2)cc1. The van der Waals surface area contributed by atoms with E-state index in [1.807, 2.05) is 164 Å². The van der Waals surface area contributed by atoms with Crippen LogP contribution in [-0.4, -0.2) is 29.1 Å². The van der Waals surface area contributed by atoms with Crippen molar-refractivity contribution in [3.8, 4) is 57.4 Å². The number of benzene rings is 12. The maximum absolute atomic E-state index is 7.22. The quantitative estimate of drug-likeness (QED) is 0.0803. The molecule has 16 rings (SSSR count). The van der Waals surface area contributed by atoms with Gasteiger partial charge in [0.25, 0.3) is 0 Å². The van der Waals surface area contributed by atoms with Crippen LogP contribution in [0.15, 0.2) is 352 Å². The molecule has 0 unspecified atom stereocenters. The van der Waals surface area contributed by atoms with Gasteiger partial charge >= 0.3 is 0 Å². The van der Waals surface area contributed by atoms with Crippen LogP contribution < -0.4 is 30.3 Å². The Bertz CT molecular complexity index is 5350. The Morgan fingerprint density at radius 3 is 1.23 bits per heavy atom. The van der Waals surface area contributed by atoms with Gasteiger partial charge in [0, 0.05) is 82.9 Å². The molecule has 15 heteroatoms. The van der Waals surface area contributed by atoms with Gasteiger partial charge in [-0.25, -0.2) is 19.9 Å². The average Bonchev–Trinajstić information content (AvgIpc) is 1.64. The fraction of sp³-hybridized carbons (Fsp3) is 0.0233. The van der Waals surface area contributed by atoms with E-state index in [-0.39, 0.29) is 0 Å². The average molecular weight is 1380 g/mol. The van der Waals surface area contributed by atoms with Gasteiger partial charge in [-0.15, -0.1) is 0 Å². The van der Waals surface area contributed by atoms with Crippen molar-refractivity contribution in [3.63, 3.8) is 0 Å². The Kier molecular flexibility index (Phi) is 20.5. The van der Waals surface area contributed by atoms with Gasteiger partial charge in [-0.1, -0.05) is 180 Å². The number of aromatic nitrogens is 6. The fourth-order valence-corrected chi connectivity index (χ4v) is 12.4. The van der Waals surface area contributed by atoms with Crippen LogP contribution in [-0.2, 0) is 13.1 Å². The first-order chi connectivity index (χ1) is 49.7. The third-order valence-electron chi connectivity index (χ3n) is 16.6. The summed E-state index contributed by atoms with van der Waals surface area (Å²) in [4.78, 5) is 22.8. The highest BCUT2D eigenvalue weighted by atomic mass is 35.5. The number of fused-ring (bicyclic) bond motifs is 2. The number of pyridine rings is 2. The zero-order valence-electron chi connectivity index (χ0n) is 54.5. The Balaban J connectivity index is 0.000000148. The summed E-state index contributed by atoms with van der Waals surface area (Å²) in [6, 6.07) is 113. The van der Waals surface area contributed by atoms with Crippen molar-refractivity contribution in [1.29, 1.82) is 0 Å². The molecule has 0 amide bonds. The summed E-state index contributed by atoms with van der Waals surface area (Å²) in [5.74, 6) is 4.35. The lowest BCUT2D eigenvalue weighted by Gasteiger charge is -2.27. The van der Waals surface area contributed by atoms with E-state index in [1.54, 1.807) is 30.6 Å². The Labute approximate surface area is 601 Å². The lowest BCUT2D eigenvalue weighted by Crippen LogP contribution is -2.17. The number of nitrogens with one attached hydrogen (secondary N) is 1. The maximum atomic E-state index is 7.22. The molecule has 0 aliphatic carbocycles. The van der Waals surface area contributed by atoms with Gasteiger partial charge in [-0.05, 0) is 193 Å². The zero-order chi connectivity index (χ0) is 68.7. The number of hydrogen-bond acceptors (Lipinski definition) is 10. The number of para-hydroxylation sites is 6. The highest BCUT2D eigenvalue weighted by molar-refractivity contribution is 6.43. The highest BCUT2D eigenvalue weighted by Crippen LogP contribution is 2.42. The van der Waals surface area contributed by atoms with Gasteiger partial charge in [0.2, 0.25) is 11.8 Å². The summed E-state index contributed by atoms with van der Waals surface area (Å²) < 4.78 is 15.8. The highest BCUT2D eigenvalue weighted by Gasteiger charge is 2.21. The van der Waals surface area contributed by atoms with Gasteiger partial charge in [-0.2, -0.15) is 0 Å². The number of hydrogen-bond donors (Lipinski definition) is 2. The zero-order valence-corrected chi connectivity index (χ0v) is 56.8. The van der Waals surface area contributed by atoms with Crippen LogP contribution in [0.25, 0.3) is 56.2 Å². The van der Waals surface area contributed by atoms with Gasteiger partial charge in [0.05, 0.1) is 54.2 Å². The van der Waals surface area contributed by atoms with Crippen molar-refractivity contribution in [3.05, 3.63) is 378 Å². The second kappa shape index (κ2) is 31.4.